The van der Waals surface area contributed by atoms with Crippen LogP contribution in [-0.4, -0.2) is 28.4 Å². The second-order valence-electron chi connectivity index (χ2n) is 5.35. The number of pyridine rings is 1. The van der Waals surface area contributed by atoms with Gasteiger partial charge >= 0.3 is 0 Å². The third-order valence-electron chi connectivity index (χ3n) is 3.59. The number of carbonyl (C=O) groups excluding carboxylic acids is 1. The second-order valence-corrected chi connectivity index (χ2v) is 5.35. The second kappa shape index (κ2) is 6.66. The lowest BCUT2D eigenvalue weighted by Gasteiger charge is -2.25. The Morgan fingerprint density at radius 1 is 1.53 bits per heavy atom. The zero-order chi connectivity index (χ0) is 13.7. The summed E-state index contributed by atoms with van der Waals surface area (Å²) < 4.78 is 0. The van der Waals surface area contributed by atoms with Crippen LogP contribution in [0, 0.1) is 5.92 Å². The molecule has 0 radical (unpaired) electrons. The van der Waals surface area contributed by atoms with Crippen LogP contribution in [0.4, 0.5) is 0 Å². The van der Waals surface area contributed by atoms with Crippen molar-refractivity contribution in [3.63, 3.8) is 0 Å². The number of amides is 1. The Bertz CT molecular complexity index is 403. The molecule has 1 atom stereocenters. The van der Waals surface area contributed by atoms with Gasteiger partial charge in [-0.05, 0) is 44.4 Å². The van der Waals surface area contributed by atoms with Crippen LogP contribution in [0.1, 0.15) is 38.3 Å². The Morgan fingerprint density at radius 3 is 2.89 bits per heavy atom. The molecular weight excluding hydrogens is 238 g/mol. The van der Waals surface area contributed by atoms with Crippen LogP contribution in [0.25, 0.3) is 0 Å². The van der Waals surface area contributed by atoms with E-state index in [0.29, 0.717) is 19.1 Å². The zero-order valence-corrected chi connectivity index (χ0v) is 11.6. The Morgan fingerprint density at radius 2 is 2.32 bits per heavy atom. The molecule has 1 saturated carbocycles. The van der Waals surface area contributed by atoms with Gasteiger partial charge in [-0.3, -0.25) is 9.78 Å². The van der Waals surface area contributed by atoms with Gasteiger partial charge in [-0.1, -0.05) is 13.0 Å². The van der Waals surface area contributed by atoms with E-state index in [1.807, 2.05) is 30.0 Å². The average Bonchev–Trinajstić information content (AvgIpc) is 3.27. The van der Waals surface area contributed by atoms with Gasteiger partial charge in [0.1, 0.15) is 0 Å². The van der Waals surface area contributed by atoms with Crippen molar-refractivity contribution in [3.8, 4) is 0 Å². The number of rotatable bonds is 7. The molecule has 1 fully saturated rings. The van der Waals surface area contributed by atoms with E-state index in [1.54, 1.807) is 6.20 Å². The molecule has 1 aliphatic rings. The van der Waals surface area contributed by atoms with Crippen LogP contribution >= 0.6 is 0 Å². The molecule has 4 heteroatoms. The van der Waals surface area contributed by atoms with E-state index >= 15 is 0 Å². The first-order chi connectivity index (χ1) is 9.22. The molecule has 1 aromatic heterocycles. The molecule has 0 aliphatic heterocycles. The van der Waals surface area contributed by atoms with E-state index in [4.69, 9.17) is 5.73 Å². The minimum Gasteiger partial charge on any atom is -0.334 e. The first kappa shape index (κ1) is 14.0. The number of aromatic nitrogens is 1. The first-order valence-corrected chi connectivity index (χ1v) is 7.13. The quantitative estimate of drug-likeness (QED) is 0.816. The molecule has 1 amide bonds. The molecule has 0 spiro atoms. The number of hydrogen-bond donors (Lipinski definition) is 1. The molecule has 0 saturated heterocycles. The van der Waals surface area contributed by atoms with Crippen LogP contribution in [-0.2, 0) is 11.3 Å². The molecule has 4 nitrogen and oxygen atoms in total. The summed E-state index contributed by atoms with van der Waals surface area (Å²) in [5, 5.41) is 0. The fraction of sp³-hybridized carbons (Fsp3) is 0.600. The first-order valence-electron chi connectivity index (χ1n) is 7.13. The highest BCUT2D eigenvalue weighted by Crippen LogP contribution is 2.30. The lowest BCUT2D eigenvalue weighted by molar-refractivity contribution is -0.136. The van der Waals surface area contributed by atoms with E-state index in [1.165, 1.54) is 0 Å². The van der Waals surface area contributed by atoms with Crippen molar-refractivity contribution in [2.75, 3.05) is 6.54 Å². The number of hydrogen-bond acceptors (Lipinski definition) is 3. The number of nitrogens with two attached hydrogens (primary N) is 1. The SMILES string of the molecule is CC(CCCN)C(=O)N(Cc1ccccn1)C1CC1. The fourth-order valence-electron chi connectivity index (χ4n) is 2.27. The van der Waals surface area contributed by atoms with Gasteiger partial charge in [-0.25, -0.2) is 0 Å². The van der Waals surface area contributed by atoms with Gasteiger partial charge < -0.3 is 10.6 Å². The van der Waals surface area contributed by atoms with E-state index in [-0.39, 0.29) is 11.8 Å². The minimum atomic E-state index is 0.0628. The van der Waals surface area contributed by atoms with E-state index in [2.05, 4.69) is 4.98 Å². The van der Waals surface area contributed by atoms with E-state index < -0.39 is 0 Å². The van der Waals surface area contributed by atoms with Crippen molar-refractivity contribution in [2.45, 2.75) is 45.2 Å². The topological polar surface area (TPSA) is 59.2 Å². The molecule has 104 valence electrons. The van der Waals surface area contributed by atoms with Gasteiger partial charge in [0.2, 0.25) is 5.91 Å². The largest absolute Gasteiger partial charge is 0.334 e. The summed E-state index contributed by atoms with van der Waals surface area (Å²) in [6.07, 6.45) is 5.82. The van der Waals surface area contributed by atoms with Crippen LogP contribution in [0.3, 0.4) is 0 Å². The van der Waals surface area contributed by atoms with Gasteiger partial charge in [0.05, 0.1) is 12.2 Å². The van der Waals surface area contributed by atoms with Crippen molar-refractivity contribution in [1.29, 1.82) is 0 Å². The Kier molecular flexibility index (Phi) is 4.91. The lowest BCUT2D eigenvalue weighted by Crippen LogP contribution is -2.36. The average molecular weight is 261 g/mol. The van der Waals surface area contributed by atoms with Gasteiger partial charge in [0.15, 0.2) is 0 Å². The number of nitrogens with zero attached hydrogens (tertiary/aromatic N) is 2. The lowest BCUT2D eigenvalue weighted by atomic mass is 10.0. The Hall–Kier alpha value is -1.42. The molecule has 0 aromatic carbocycles. The fourth-order valence-corrected chi connectivity index (χ4v) is 2.27. The van der Waals surface area contributed by atoms with Crippen molar-refractivity contribution in [1.82, 2.24) is 9.88 Å². The molecule has 19 heavy (non-hydrogen) atoms. The molecule has 0 bridgehead atoms. The minimum absolute atomic E-state index is 0.0628. The van der Waals surface area contributed by atoms with Crippen LogP contribution in [0.15, 0.2) is 24.4 Å². The summed E-state index contributed by atoms with van der Waals surface area (Å²) in [7, 11) is 0. The van der Waals surface area contributed by atoms with Crippen molar-refractivity contribution >= 4 is 5.91 Å². The molecule has 1 aromatic rings. The summed E-state index contributed by atoms with van der Waals surface area (Å²) in [5.74, 6) is 0.314. The zero-order valence-electron chi connectivity index (χ0n) is 11.6. The number of carbonyl (C=O) groups is 1. The maximum atomic E-state index is 12.5. The van der Waals surface area contributed by atoms with Crippen molar-refractivity contribution < 1.29 is 4.79 Å². The van der Waals surface area contributed by atoms with Gasteiger partial charge in [-0.2, -0.15) is 0 Å². The van der Waals surface area contributed by atoms with Crippen LogP contribution in [0.5, 0.6) is 0 Å². The van der Waals surface area contributed by atoms with Gasteiger partial charge in [0.25, 0.3) is 0 Å². The molecule has 2 rings (SSSR count). The third-order valence-corrected chi connectivity index (χ3v) is 3.59. The van der Waals surface area contributed by atoms with Crippen LogP contribution < -0.4 is 5.73 Å². The van der Waals surface area contributed by atoms with Gasteiger partial charge in [-0.15, -0.1) is 0 Å². The highest BCUT2D eigenvalue weighted by Gasteiger charge is 2.34. The normalized spacial score (nSPS) is 16.1. The summed E-state index contributed by atoms with van der Waals surface area (Å²) in [6.45, 7) is 3.30. The smallest absolute Gasteiger partial charge is 0.226 e. The van der Waals surface area contributed by atoms with E-state index in [9.17, 15) is 4.79 Å². The highest BCUT2D eigenvalue weighted by molar-refractivity contribution is 5.79. The van der Waals surface area contributed by atoms with Gasteiger partial charge in [0, 0.05) is 18.2 Å². The highest BCUT2D eigenvalue weighted by atomic mass is 16.2. The molecule has 2 N–H and O–H groups in total. The molecular formula is C15H23N3O. The summed E-state index contributed by atoms with van der Waals surface area (Å²) in [5.41, 5.74) is 6.48. The molecule has 1 heterocycles. The molecule has 1 unspecified atom stereocenters. The molecule has 1 aliphatic carbocycles. The van der Waals surface area contributed by atoms with Crippen molar-refractivity contribution in [2.24, 2.45) is 11.7 Å². The van der Waals surface area contributed by atoms with Crippen molar-refractivity contribution in [3.05, 3.63) is 30.1 Å². The maximum absolute atomic E-state index is 12.5. The van der Waals surface area contributed by atoms with E-state index in [0.717, 1.165) is 31.4 Å². The van der Waals surface area contributed by atoms with Crippen LogP contribution in [0.2, 0.25) is 0 Å². The standard InChI is InChI=1S/C15H23N3O/c1-12(5-4-9-16)15(19)18(14-7-8-14)11-13-6-2-3-10-17-13/h2-3,6,10,12,14H,4-5,7-9,11,16H2,1H3. The maximum Gasteiger partial charge on any atom is 0.226 e. The predicted molar refractivity (Wildman–Crippen MR) is 75.3 cm³/mol. The Labute approximate surface area is 115 Å². The Balaban J connectivity index is 1.97. The third kappa shape index (κ3) is 4.03. The summed E-state index contributed by atoms with van der Waals surface area (Å²) in [4.78, 5) is 18.8. The summed E-state index contributed by atoms with van der Waals surface area (Å²) in [6, 6.07) is 6.27. The monoisotopic (exact) mass is 261 g/mol. The predicted octanol–water partition coefficient (Wildman–Crippen LogP) is 1.95. The summed E-state index contributed by atoms with van der Waals surface area (Å²) >= 11 is 0.